The average Bonchev–Trinajstić information content (AvgIpc) is 3.23. The van der Waals surface area contributed by atoms with Crippen molar-refractivity contribution >= 4 is 0 Å². The van der Waals surface area contributed by atoms with Crippen LogP contribution in [0.1, 0.15) is 58.8 Å². The van der Waals surface area contributed by atoms with Gasteiger partial charge in [-0.15, -0.1) is 0 Å². The zero-order valence-electron chi connectivity index (χ0n) is 12.9. The molecule has 1 saturated heterocycles. The summed E-state index contributed by atoms with van der Waals surface area (Å²) in [7, 11) is 0. The molecule has 0 spiro atoms. The van der Waals surface area contributed by atoms with E-state index in [1.807, 2.05) is 0 Å². The molecule has 2 aliphatic rings. The van der Waals surface area contributed by atoms with Crippen LogP contribution in [0, 0.1) is 5.92 Å². The van der Waals surface area contributed by atoms with Gasteiger partial charge in [0.2, 0.25) is 0 Å². The van der Waals surface area contributed by atoms with E-state index in [4.69, 9.17) is 10.5 Å². The maximum Gasteiger partial charge on any atom is 0.0593 e. The van der Waals surface area contributed by atoms with Gasteiger partial charge in [-0.05, 0) is 51.0 Å². The first-order valence-electron chi connectivity index (χ1n) is 8.30. The first-order valence-corrected chi connectivity index (χ1v) is 8.30. The molecule has 0 aromatic rings. The van der Waals surface area contributed by atoms with Crippen molar-refractivity contribution in [1.29, 1.82) is 0 Å². The Morgan fingerprint density at radius 1 is 1.26 bits per heavy atom. The van der Waals surface area contributed by atoms with E-state index in [1.165, 1.54) is 45.2 Å². The monoisotopic (exact) mass is 268 g/mol. The predicted octanol–water partition coefficient (Wildman–Crippen LogP) is 2.79. The molecular formula is C16H32N2O. The van der Waals surface area contributed by atoms with Crippen molar-refractivity contribution in [3.05, 3.63) is 0 Å². The van der Waals surface area contributed by atoms with Crippen LogP contribution < -0.4 is 5.73 Å². The zero-order valence-corrected chi connectivity index (χ0v) is 12.9. The number of nitrogens with zero attached hydrogens (tertiary/aromatic N) is 1. The quantitative estimate of drug-likeness (QED) is 0.735. The summed E-state index contributed by atoms with van der Waals surface area (Å²) in [6.45, 7) is 8.69. The highest BCUT2D eigenvalue weighted by atomic mass is 16.5. The third kappa shape index (κ3) is 3.93. The summed E-state index contributed by atoms with van der Waals surface area (Å²) in [5.41, 5.74) is 6.45. The first kappa shape index (κ1) is 15.3. The Balaban J connectivity index is 2.03. The first-order chi connectivity index (χ1) is 9.24. The number of rotatable bonds is 8. The highest BCUT2D eigenvalue weighted by Crippen LogP contribution is 2.37. The minimum absolute atomic E-state index is 0.219. The molecular weight excluding hydrogens is 236 g/mol. The molecule has 2 rings (SSSR count). The van der Waals surface area contributed by atoms with Crippen LogP contribution in [0.15, 0.2) is 0 Å². The van der Waals surface area contributed by atoms with E-state index in [1.54, 1.807) is 0 Å². The molecule has 112 valence electrons. The molecule has 3 heteroatoms. The smallest absolute Gasteiger partial charge is 0.0593 e. The molecule has 1 aliphatic carbocycles. The van der Waals surface area contributed by atoms with E-state index in [0.29, 0.717) is 6.10 Å². The Labute approximate surface area is 118 Å². The summed E-state index contributed by atoms with van der Waals surface area (Å²) >= 11 is 0. The van der Waals surface area contributed by atoms with Crippen LogP contribution in [0.5, 0.6) is 0 Å². The van der Waals surface area contributed by atoms with E-state index >= 15 is 0 Å². The van der Waals surface area contributed by atoms with E-state index in [9.17, 15) is 0 Å². The van der Waals surface area contributed by atoms with Crippen LogP contribution in [0.4, 0.5) is 0 Å². The molecule has 0 aromatic heterocycles. The molecule has 19 heavy (non-hydrogen) atoms. The number of ether oxygens (including phenoxy) is 1. The summed E-state index contributed by atoms with van der Waals surface area (Å²) in [5.74, 6) is 0.947. The minimum atomic E-state index is 0.219. The molecule has 2 N–H and O–H groups in total. The topological polar surface area (TPSA) is 38.5 Å². The molecule has 1 heterocycles. The van der Waals surface area contributed by atoms with Crippen molar-refractivity contribution in [2.24, 2.45) is 11.7 Å². The normalized spacial score (nSPS) is 31.9. The zero-order chi connectivity index (χ0) is 13.7. The number of hydrogen-bond donors (Lipinski definition) is 1. The molecule has 3 nitrogen and oxygen atoms in total. The molecule has 0 bridgehead atoms. The van der Waals surface area contributed by atoms with Crippen molar-refractivity contribution in [2.75, 3.05) is 26.2 Å². The molecule has 2 atom stereocenters. The van der Waals surface area contributed by atoms with Gasteiger partial charge in [0.1, 0.15) is 0 Å². The van der Waals surface area contributed by atoms with Crippen LogP contribution >= 0.6 is 0 Å². The number of nitrogens with two attached hydrogens (primary N) is 1. The molecule has 0 amide bonds. The van der Waals surface area contributed by atoms with Gasteiger partial charge >= 0.3 is 0 Å². The molecule has 2 unspecified atom stereocenters. The number of hydrogen-bond acceptors (Lipinski definition) is 3. The summed E-state index contributed by atoms with van der Waals surface area (Å²) in [4.78, 5) is 2.72. The molecule has 2 fully saturated rings. The van der Waals surface area contributed by atoms with E-state index in [0.717, 1.165) is 31.9 Å². The highest BCUT2D eigenvalue weighted by molar-refractivity contribution is 4.98. The third-order valence-corrected chi connectivity index (χ3v) is 4.86. The van der Waals surface area contributed by atoms with Gasteiger partial charge in [-0.25, -0.2) is 0 Å². The molecule has 1 saturated carbocycles. The second-order valence-electron chi connectivity index (χ2n) is 6.55. The standard InChI is InChI=1S/C16H32N2O/c1-3-5-15-11-16(13-17,8-10-19-15)18(9-4-2)12-14-6-7-14/h14-15H,3-13,17H2,1-2H3. The maximum atomic E-state index is 6.23. The van der Waals surface area contributed by atoms with Crippen molar-refractivity contribution in [1.82, 2.24) is 4.90 Å². The van der Waals surface area contributed by atoms with E-state index in [-0.39, 0.29) is 5.54 Å². The largest absolute Gasteiger partial charge is 0.378 e. The lowest BCUT2D eigenvalue weighted by atomic mass is 9.83. The minimum Gasteiger partial charge on any atom is -0.378 e. The summed E-state index contributed by atoms with van der Waals surface area (Å²) < 4.78 is 5.94. The SMILES string of the molecule is CCCC1CC(CN)(N(CCC)CC2CC2)CCO1. The highest BCUT2D eigenvalue weighted by Gasteiger charge is 2.42. The van der Waals surface area contributed by atoms with Gasteiger partial charge in [-0.3, -0.25) is 4.90 Å². The Kier molecular flexibility index (Phi) is 5.67. The molecule has 0 radical (unpaired) electrons. The van der Waals surface area contributed by atoms with Crippen molar-refractivity contribution < 1.29 is 4.74 Å². The van der Waals surface area contributed by atoms with Gasteiger partial charge in [0, 0.05) is 25.2 Å². The Bertz CT molecular complexity index is 265. The fourth-order valence-electron chi connectivity index (χ4n) is 3.51. The maximum absolute atomic E-state index is 6.23. The van der Waals surface area contributed by atoms with E-state index in [2.05, 4.69) is 18.7 Å². The Morgan fingerprint density at radius 3 is 2.63 bits per heavy atom. The fourth-order valence-corrected chi connectivity index (χ4v) is 3.51. The van der Waals surface area contributed by atoms with Crippen LogP contribution in [-0.2, 0) is 4.74 Å². The second-order valence-corrected chi connectivity index (χ2v) is 6.55. The predicted molar refractivity (Wildman–Crippen MR) is 80.3 cm³/mol. The second kappa shape index (κ2) is 7.05. The van der Waals surface area contributed by atoms with Crippen molar-refractivity contribution in [3.63, 3.8) is 0 Å². The van der Waals surface area contributed by atoms with Gasteiger partial charge in [-0.2, -0.15) is 0 Å². The average molecular weight is 268 g/mol. The summed E-state index contributed by atoms with van der Waals surface area (Å²) in [6, 6.07) is 0. The van der Waals surface area contributed by atoms with E-state index < -0.39 is 0 Å². The van der Waals surface area contributed by atoms with Gasteiger partial charge in [0.05, 0.1) is 6.10 Å². The van der Waals surface area contributed by atoms with Gasteiger partial charge in [-0.1, -0.05) is 20.3 Å². The fraction of sp³-hybridized carbons (Fsp3) is 1.00. The van der Waals surface area contributed by atoms with Gasteiger partial charge in [0.15, 0.2) is 0 Å². The van der Waals surface area contributed by atoms with Crippen molar-refractivity contribution in [2.45, 2.75) is 70.4 Å². The Morgan fingerprint density at radius 2 is 2.05 bits per heavy atom. The summed E-state index contributed by atoms with van der Waals surface area (Å²) in [6.07, 6.45) is 9.17. The summed E-state index contributed by atoms with van der Waals surface area (Å²) in [5, 5.41) is 0. The molecule has 1 aliphatic heterocycles. The lowest BCUT2D eigenvalue weighted by molar-refractivity contribution is -0.0751. The lowest BCUT2D eigenvalue weighted by Gasteiger charge is -2.48. The van der Waals surface area contributed by atoms with Crippen molar-refractivity contribution in [3.8, 4) is 0 Å². The van der Waals surface area contributed by atoms with Crippen LogP contribution in [0.25, 0.3) is 0 Å². The van der Waals surface area contributed by atoms with Crippen LogP contribution in [0.3, 0.4) is 0 Å². The van der Waals surface area contributed by atoms with Crippen LogP contribution in [-0.4, -0.2) is 42.8 Å². The Hall–Kier alpha value is -0.120. The van der Waals surface area contributed by atoms with Gasteiger partial charge in [0.25, 0.3) is 0 Å². The third-order valence-electron chi connectivity index (χ3n) is 4.86. The lowest BCUT2D eigenvalue weighted by Crippen LogP contribution is -2.59. The molecule has 0 aromatic carbocycles. The van der Waals surface area contributed by atoms with Crippen LogP contribution in [0.2, 0.25) is 0 Å². The van der Waals surface area contributed by atoms with Gasteiger partial charge < -0.3 is 10.5 Å².